The summed E-state index contributed by atoms with van der Waals surface area (Å²) in [5, 5.41) is 12.7. The van der Waals surface area contributed by atoms with E-state index < -0.39 is 0 Å². The topological polar surface area (TPSA) is 84.1 Å². The zero-order valence-corrected chi connectivity index (χ0v) is 12.9. The first kappa shape index (κ1) is 15.6. The third-order valence-corrected chi connectivity index (χ3v) is 5.42. The number of hydrogen-bond donors (Lipinski definition) is 3. The molecule has 0 aromatic carbocycles. The molecule has 0 aliphatic heterocycles. The Morgan fingerprint density at radius 1 is 1.05 bits per heavy atom. The fourth-order valence-corrected chi connectivity index (χ4v) is 4.93. The van der Waals surface area contributed by atoms with Crippen LogP contribution in [0.3, 0.4) is 0 Å². The maximum Gasteiger partial charge on any atom is 0.0588 e. The van der Waals surface area contributed by atoms with Crippen LogP contribution >= 0.6 is 0 Å². The molecule has 0 aromatic rings. The van der Waals surface area contributed by atoms with Crippen LogP contribution in [-0.2, 0) is 9.78 Å². The van der Waals surface area contributed by atoms with Gasteiger partial charge in [0.2, 0.25) is 0 Å². The molecule has 0 amide bonds. The Kier molecular flexibility index (Phi) is 4.77. The van der Waals surface area contributed by atoms with Gasteiger partial charge in [0, 0.05) is 26.2 Å². The molecule has 8 nitrogen and oxygen atoms in total. The minimum Gasteiger partial charge on any atom is -0.761 e. The van der Waals surface area contributed by atoms with Gasteiger partial charge in [-0.15, -0.1) is 10.8 Å². The third kappa shape index (κ3) is 3.22. The molecular weight excluding hydrogens is 274 g/mol. The zero-order chi connectivity index (χ0) is 15.0. The molecule has 3 aliphatic rings. The second-order valence-electron chi connectivity index (χ2n) is 6.60. The largest absolute Gasteiger partial charge is 0.761 e. The van der Waals surface area contributed by atoms with E-state index in [4.69, 9.17) is 9.78 Å². The standard InChI is InChI=1S/C13H26N5O3/c1-17(21-18(2)19)15-9-6-10-8-4-12(11(10)7-9)13(5-8)14-16-20-3/h8-16H,4-7H2,1-3H3/q-1. The number of hydrogen-bond acceptors (Lipinski definition) is 8. The van der Waals surface area contributed by atoms with E-state index in [0.29, 0.717) is 17.3 Å². The zero-order valence-electron chi connectivity index (χ0n) is 12.9. The molecule has 122 valence electrons. The van der Waals surface area contributed by atoms with Crippen molar-refractivity contribution in [3.05, 3.63) is 5.21 Å². The minimum absolute atomic E-state index is 0.393. The van der Waals surface area contributed by atoms with Gasteiger partial charge in [-0.3, -0.25) is 4.84 Å². The van der Waals surface area contributed by atoms with Crippen LogP contribution in [0.25, 0.3) is 0 Å². The van der Waals surface area contributed by atoms with Crippen molar-refractivity contribution in [3.63, 3.8) is 0 Å². The second-order valence-corrected chi connectivity index (χ2v) is 6.60. The molecule has 3 fully saturated rings. The van der Waals surface area contributed by atoms with Gasteiger partial charge in [-0.2, -0.15) is 0 Å². The van der Waals surface area contributed by atoms with E-state index >= 15 is 0 Å². The lowest BCUT2D eigenvalue weighted by molar-refractivity contribution is -0.309. The maximum absolute atomic E-state index is 10.9. The molecule has 0 heterocycles. The molecule has 0 aromatic heterocycles. The SMILES string of the molecule is CONNC1CC2CC1C1CC(NN(C)ON(C)[O-])CC21. The average molecular weight is 300 g/mol. The number of nitrogens with zero attached hydrogens (tertiary/aromatic N) is 2. The Morgan fingerprint density at radius 3 is 2.52 bits per heavy atom. The Labute approximate surface area is 125 Å². The van der Waals surface area contributed by atoms with E-state index in [1.54, 1.807) is 14.2 Å². The fourth-order valence-electron chi connectivity index (χ4n) is 4.93. The van der Waals surface area contributed by atoms with Gasteiger partial charge in [-0.1, -0.05) is 0 Å². The summed E-state index contributed by atoms with van der Waals surface area (Å²) < 4.78 is 0. The number of hydrazine groups is 2. The number of rotatable bonds is 7. The molecule has 8 heteroatoms. The molecule has 21 heavy (non-hydrogen) atoms. The van der Waals surface area contributed by atoms with Gasteiger partial charge in [0.25, 0.3) is 0 Å². The number of nitrogens with one attached hydrogen (secondary N) is 3. The molecule has 3 saturated carbocycles. The highest BCUT2D eigenvalue weighted by atomic mass is 17.0. The summed E-state index contributed by atoms with van der Waals surface area (Å²) in [6.45, 7) is 0. The summed E-state index contributed by atoms with van der Waals surface area (Å²) in [6, 6.07) is 0.904. The first-order chi connectivity index (χ1) is 10.1. The van der Waals surface area contributed by atoms with Crippen molar-refractivity contribution in [1.29, 1.82) is 0 Å². The van der Waals surface area contributed by atoms with Crippen molar-refractivity contribution in [2.45, 2.75) is 37.8 Å². The number of fused-ring (bicyclic) bond motifs is 5. The summed E-state index contributed by atoms with van der Waals surface area (Å²) >= 11 is 0. The van der Waals surface area contributed by atoms with Crippen molar-refractivity contribution in [3.8, 4) is 0 Å². The Morgan fingerprint density at radius 2 is 1.81 bits per heavy atom. The lowest BCUT2D eigenvalue weighted by Gasteiger charge is -2.31. The summed E-state index contributed by atoms with van der Waals surface area (Å²) in [4.78, 5) is 9.84. The average Bonchev–Trinajstić information content (AvgIpc) is 3.05. The molecule has 3 N–H and O–H groups in total. The monoisotopic (exact) mass is 300 g/mol. The van der Waals surface area contributed by atoms with Crippen LogP contribution in [-0.4, -0.2) is 43.7 Å². The predicted octanol–water partition coefficient (Wildman–Crippen LogP) is 0.158. The first-order valence-corrected chi connectivity index (χ1v) is 7.70. The van der Waals surface area contributed by atoms with Crippen molar-refractivity contribution in [2.75, 3.05) is 21.2 Å². The Bertz CT molecular complexity index is 359. The van der Waals surface area contributed by atoms with Crippen LogP contribution in [0.15, 0.2) is 0 Å². The highest BCUT2D eigenvalue weighted by Gasteiger charge is 2.55. The molecule has 3 aliphatic carbocycles. The highest BCUT2D eigenvalue weighted by molar-refractivity contribution is 5.07. The molecule has 6 atom stereocenters. The molecule has 0 radical (unpaired) electrons. The van der Waals surface area contributed by atoms with Crippen LogP contribution in [0.4, 0.5) is 0 Å². The van der Waals surface area contributed by atoms with Gasteiger partial charge in [0.15, 0.2) is 0 Å². The highest BCUT2D eigenvalue weighted by Crippen LogP contribution is 2.58. The molecule has 0 spiro atoms. The predicted molar refractivity (Wildman–Crippen MR) is 76.4 cm³/mol. The van der Waals surface area contributed by atoms with Crippen LogP contribution in [0, 0.1) is 28.9 Å². The fraction of sp³-hybridized carbons (Fsp3) is 1.00. The van der Waals surface area contributed by atoms with Crippen LogP contribution in [0.1, 0.15) is 25.7 Å². The van der Waals surface area contributed by atoms with Gasteiger partial charge in [-0.25, -0.2) is 21.0 Å². The van der Waals surface area contributed by atoms with E-state index in [0.717, 1.165) is 30.1 Å². The summed E-state index contributed by atoms with van der Waals surface area (Å²) in [6.07, 6.45) is 4.88. The van der Waals surface area contributed by atoms with Gasteiger partial charge < -0.3 is 5.21 Å². The lowest BCUT2D eigenvalue weighted by Crippen LogP contribution is -2.46. The van der Waals surface area contributed by atoms with Crippen molar-refractivity contribution in [1.82, 2.24) is 26.8 Å². The maximum atomic E-state index is 10.9. The van der Waals surface area contributed by atoms with E-state index in [1.165, 1.54) is 31.5 Å². The quantitative estimate of drug-likeness (QED) is 0.573. The molecule has 2 bridgehead atoms. The molecule has 0 saturated heterocycles. The summed E-state index contributed by atoms with van der Waals surface area (Å²) in [7, 11) is 4.69. The van der Waals surface area contributed by atoms with Crippen LogP contribution < -0.4 is 16.4 Å². The second kappa shape index (κ2) is 6.43. The molecular formula is C13H26N5O3-. The minimum atomic E-state index is 0.393. The Balaban J connectivity index is 1.51. The van der Waals surface area contributed by atoms with E-state index in [-0.39, 0.29) is 0 Å². The van der Waals surface area contributed by atoms with E-state index in [9.17, 15) is 5.21 Å². The van der Waals surface area contributed by atoms with Crippen molar-refractivity contribution >= 4 is 0 Å². The van der Waals surface area contributed by atoms with Crippen LogP contribution in [0.2, 0.25) is 0 Å². The first-order valence-electron chi connectivity index (χ1n) is 7.70. The van der Waals surface area contributed by atoms with Gasteiger partial charge in [0.1, 0.15) is 0 Å². The van der Waals surface area contributed by atoms with E-state index in [1.807, 2.05) is 0 Å². The molecule has 6 unspecified atom stereocenters. The Hall–Kier alpha value is -0.320. The van der Waals surface area contributed by atoms with Crippen molar-refractivity contribution < 1.29 is 9.78 Å². The van der Waals surface area contributed by atoms with E-state index in [2.05, 4.69) is 16.4 Å². The van der Waals surface area contributed by atoms with Gasteiger partial charge >= 0.3 is 0 Å². The third-order valence-electron chi connectivity index (χ3n) is 5.42. The van der Waals surface area contributed by atoms with Gasteiger partial charge in [-0.05, 0) is 49.4 Å². The normalized spacial score (nSPS) is 41.4. The summed E-state index contributed by atoms with van der Waals surface area (Å²) in [5.41, 5.74) is 9.34. The number of hydroxylamine groups is 3. The summed E-state index contributed by atoms with van der Waals surface area (Å²) in [5.74, 6) is 3.11. The smallest absolute Gasteiger partial charge is 0.0588 e. The molecule has 3 rings (SSSR count). The van der Waals surface area contributed by atoms with Gasteiger partial charge in [0.05, 0.1) is 7.11 Å². The van der Waals surface area contributed by atoms with Crippen LogP contribution in [0.5, 0.6) is 0 Å². The lowest BCUT2D eigenvalue weighted by atomic mass is 9.79. The van der Waals surface area contributed by atoms with Crippen molar-refractivity contribution in [2.24, 2.45) is 23.7 Å².